The lowest BCUT2D eigenvalue weighted by atomic mass is 10.1. The quantitative estimate of drug-likeness (QED) is 0.801. The standard InChI is InChI=1S/C10H12O2.C9H10O2/c1-7-4-9(3)10(12-6-11)5-8(7)2;1-7-3-4-8(2)9(5-7)11-6-10/h4-6H,1-3H3;3-6H,1-2H3. The second-order valence-electron chi connectivity index (χ2n) is 5.40. The van der Waals surface area contributed by atoms with Gasteiger partial charge in [0, 0.05) is 0 Å². The van der Waals surface area contributed by atoms with Gasteiger partial charge in [-0.15, -0.1) is 0 Å². The zero-order valence-corrected chi connectivity index (χ0v) is 14.2. The van der Waals surface area contributed by atoms with E-state index in [2.05, 4.69) is 0 Å². The highest BCUT2D eigenvalue weighted by Crippen LogP contribution is 2.21. The van der Waals surface area contributed by atoms with E-state index in [-0.39, 0.29) is 0 Å². The third kappa shape index (κ3) is 5.58. The first-order chi connectivity index (χ1) is 10.9. The Bertz CT molecular complexity index is 690. The highest BCUT2D eigenvalue weighted by Gasteiger charge is 2.01. The van der Waals surface area contributed by atoms with Crippen molar-refractivity contribution >= 4 is 12.9 Å². The van der Waals surface area contributed by atoms with E-state index in [1.54, 1.807) is 0 Å². The van der Waals surface area contributed by atoms with Gasteiger partial charge in [0.05, 0.1) is 0 Å². The van der Waals surface area contributed by atoms with Crippen molar-refractivity contribution in [2.24, 2.45) is 0 Å². The van der Waals surface area contributed by atoms with Crippen LogP contribution in [0.3, 0.4) is 0 Å². The Balaban J connectivity index is 0.000000231. The Hall–Kier alpha value is -2.62. The number of carbonyl (C=O) groups excluding carboxylic acids is 2. The predicted molar refractivity (Wildman–Crippen MR) is 90.0 cm³/mol. The first-order valence-corrected chi connectivity index (χ1v) is 7.24. The van der Waals surface area contributed by atoms with Crippen LogP contribution >= 0.6 is 0 Å². The lowest BCUT2D eigenvalue weighted by Gasteiger charge is -2.06. The first-order valence-electron chi connectivity index (χ1n) is 7.24. The Kier molecular flexibility index (Phi) is 7.00. The molecular formula is C19H22O4. The summed E-state index contributed by atoms with van der Waals surface area (Å²) in [5, 5.41) is 0. The number of hydrogen-bond donors (Lipinski definition) is 0. The summed E-state index contributed by atoms with van der Waals surface area (Å²) >= 11 is 0. The second kappa shape index (κ2) is 8.73. The maximum atomic E-state index is 10.1. The fourth-order valence-electron chi connectivity index (χ4n) is 2.00. The summed E-state index contributed by atoms with van der Waals surface area (Å²) < 4.78 is 9.53. The Labute approximate surface area is 137 Å². The highest BCUT2D eigenvalue weighted by molar-refractivity contribution is 5.50. The summed E-state index contributed by atoms with van der Waals surface area (Å²) in [5.41, 5.74) is 5.41. The van der Waals surface area contributed by atoms with Crippen molar-refractivity contribution in [3.05, 3.63) is 58.1 Å². The molecule has 0 unspecified atom stereocenters. The zero-order valence-electron chi connectivity index (χ0n) is 14.2. The van der Waals surface area contributed by atoms with Gasteiger partial charge in [0.25, 0.3) is 12.9 Å². The SMILES string of the molecule is Cc1cc(C)c(OC=O)cc1C.Cc1ccc(C)c(OC=O)c1. The molecule has 0 aliphatic rings. The van der Waals surface area contributed by atoms with E-state index in [0.29, 0.717) is 24.4 Å². The average Bonchev–Trinajstić information content (AvgIpc) is 2.50. The van der Waals surface area contributed by atoms with Crippen LogP contribution in [-0.4, -0.2) is 12.9 Å². The fourth-order valence-corrected chi connectivity index (χ4v) is 2.00. The smallest absolute Gasteiger partial charge is 0.298 e. The number of aryl methyl sites for hydroxylation is 5. The van der Waals surface area contributed by atoms with Crippen LogP contribution in [0, 0.1) is 34.6 Å². The molecule has 0 atom stereocenters. The molecule has 4 heteroatoms. The molecule has 0 aromatic heterocycles. The van der Waals surface area contributed by atoms with E-state index in [0.717, 1.165) is 22.3 Å². The highest BCUT2D eigenvalue weighted by atomic mass is 16.5. The molecule has 0 saturated carbocycles. The number of benzene rings is 2. The predicted octanol–water partition coefficient (Wildman–Crippen LogP) is 3.99. The molecule has 0 aliphatic carbocycles. The van der Waals surface area contributed by atoms with E-state index < -0.39 is 0 Å². The van der Waals surface area contributed by atoms with Gasteiger partial charge in [-0.2, -0.15) is 0 Å². The molecule has 0 saturated heterocycles. The van der Waals surface area contributed by atoms with Crippen LogP contribution in [-0.2, 0) is 9.59 Å². The van der Waals surface area contributed by atoms with Crippen molar-refractivity contribution < 1.29 is 19.1 Å². The van der Waals surface area contributed by atoms with Crippen molar-refractivity contribution in [3.8, 4) is 11.5 Å². The van der Waals surface area contributed by atoms with Gasteiger partial charge in [0.15, 0.2) is 0 Å². The molecule has 0 bridgehead atoms. The van der Waals surface area contributed by atoms with Crippen molar-refractivity contribution in [3.63, 3.8) is 0 Å². The van der Waals surface area contributed by atoms with Crippen LogP contribution in [0.5, 0.6) is 11.5 Å². The minimum absolute atomic E-state index is 0.446. The van der Waals surface area contributed by atoms with Gasteiger partial charge in [-0.05, 0) is 74.6 Å². The number of hydrogen-bond acceptors (Lipinski definition) is 4. The van der Waals surface area contributed by atoms with Crippen LogP contribution in [0.4, 0.5) is 0 Å². The van der Waals surface area contributed by atoms with E-state index in [1.807, 2.05) is 65.0 Å². The van der Waals surface area contributed by atoms with Gasteiger partial charge in [0.1, 0.15) is 11.5 Å². The van der Waals surface area contributed by atoms with Gasteiger partial charge < -0.3 is 9.47 Å². The molecule has 2 aromatic rings. The van der Waals surface area contributed by atoms with Gasteiger partial charge in [-0.25, -0.2) is 0 Å². The van der Waals surface area contributed by atoms with Gasteiger partial charge in [0.2, 0.25) is 0 Å². The molecule has 0 N–H and O–H groups in total. The van der Waals surface area contributed by atoms with E-state index in [4.69, 9.17) is 9.47 Å². The van der Waals surface area contributed by atoms with Crippen LogP contribution < -0.4 is 9.47 Å². The molecule has 0 spiro atoms. The fraction of sp³-hybridized carbons (Fsp3) is 0.263. The van der Waals surface area contributed by atoms with E-state index in [9.17, 15) is 9.59 Å². The molecule has 0 aliphatic heterocycles. The van der Waals surface area contributed by atoms with Crippen molar-refractivity contribution in [2.75, 3.05) is 0 Å². The van der Waals surface area contributed by atoms with Crippen LogP contribution in [0.1, 0.15) is 27.8 Å². The molecule has 0 radical (unpaired) electrons. The Morgan fingerprint density at radius 2 is 1.17 bits per heavy atom. The van der Waals surface area contributed by atoms with Gasteiger partial charge >= 0.3 is 0 Å². The average molecular weight is 314 g/mol. The first kappa shape index (κ1) is 18.4. The monoisotopic (exact) mass is 314 g/mol. The number of ether oxygens (including phenoxy) is 2. The minimum atomic E-state index is 0.446. The molecule has 2 rings (SSSR count). The third-order valence-corrected chi connectivity index (χ3v) is 3.49. The topological polar surface area (TPSA) is 52.6 Å². The molecule has 4 nitrogen and oxygen atoms in total. The third-order valence-electron chi connectivity index (χ3n) is 3.49. The van der Waals surface area contributed by atoms with Crippen LogP contribution in [0.25, 0.3) is 0 Å². The molecule has 122 valence electrons. The number of carbonyl (C=O) groups is 2. The van der Waals surface area contributed by atoms with Crippen molar-refractivity contribution in [2.45, 2.75) is 34.6 Å². The molecule has 2 aromatic carbocycles. The maximum absolute atomic E-state index is 10.1. The summed E-state index contributed by atoms with van der Waals surface area (Å²) in [6.45, 7) is 10.7. The van der Waals surface area contributed by atoms with E-state index >= 15 is 0 Å². The second-order valence-corrected chi connectivity index (χ2v) is 5.40. The largest absolute Gasteiger partial charge is 0.428 e. The molecule has 0 fully saturated rings. The van der Waals surface area contributed by atoms with E-state index in [1.165, 1.54) is 5.56 Å². The number of rotatable bonds is 4. The van der Waals surface area contributed by atoms with Crippen molar-refractivity contribution in [1.82, 2.24) is 0 Å². The van der Waals surface area contributed by atoms with Crippen molar-refractivity contribution in [1.29, 1.82) is 0 Å². The lowest BCUT2D eigenvalue weighted by Crippen LogP contribution is -1.93. The minimum Gasteiger partial charge on any atom is -0.428 e. The summed E-state index contributed by atoms with van der Waals surface area (Å²) in [6, 6.07) is 9.62. The molecule has 0 amide bonds. The normalized spacial score (nSPS) is 9.43. The zero-order chi connectivity index (χ0) is 17.4. The Morgan fingerprint density at radius 3 is 1.74 bits per heavy atom. The molecule has 0 heterocycles. The summed E-state index contributed by atoms with van der Waals surface area (Å²) in [6.07, 6.45) is 0. The summed E-state index contributed by atoms with van der Waals surface area (Å²) in [7, 11) is 0. The van der Waals surface area contributed by atoms with Gasteiger partial charge in [-0.1, -0.05) is 18.2 Å². The van der Waals surface area contributed by atoms with Gasteiger partial charge in [-0.3, -0.25) is 9.59 Å². The molecule has 23 heavy (non-hydrogen) atoms. The van der Waals surface area contributed by atoms with Crippen LogP contribution in [0.2, 0.25) is 0 Å². The molecular weight excluding hydrogens is 292 g/mol. The summed E-state index contributed by atoms with van der Waals surface area (Å²) in [4.78, 5) is 20.1. The maximum Gasteiger partial charge on any atom is 0.298 e. The van der Waals surface area contributed by atoms with Crippen LogP contribution in [0.15, 0.2) is 30.3 Å². The summed E-state index contributed by atoms with van der Waals surface area (Å²) in [5.74, 6) is 1.29. The lowest BCUT2D eigenvalue weighted by molar-refractivity contribution is -0.121. The Morgan fingerprint density at radius 1 is 0.652 bits per heavy atom.